The quantitative estimate of drug-likeness (QED) is 0.691. The predicted octanol–water partition coefficient (Wildman–Crippen LogP) is 4.33. The van der Waals surface area contributed by atoms with Crippen molar-refractivity contribution in [2.24, 2.45) is 0 Å². The number of benzene rings is 1. The Morgan fingerprint density at radius 2 is 2.16 bits per heavy atom. The summed E-state index contributed by atoms with van der Waals surface area (Å²) in [6, 6.07) is 5.54. The van der Waals surface area contributed by atoms with Crippen molar-refractivity contribution in [1.29, 1.82) is 0 Å². The van der Waals surface area contributed by atoms with Crippen molar-refractivity contribution < 1.29 is 0 Å². The molecule has 1 N–H and O–H groups in total. The summed E-state index contributed by atoms with van der Waals surface area (Å²) in [6.07, 6.45) is 2.22. The van der Waals surface area contributed by atoms with Crippen LogP contribution in [0.15, 0.2) is 27.5 Å². The van der Waals surface area contributed by atoms with Crippen LogP contribution < -0.4 is 5.56 Å². The second kappa shape index (κ2) is 5.18. The molecule has 0 spiro atoms. The average molecular weight is 451 g/mol. The molecule has 0 bridgehead atoms. The van der Waals surface area contributed by atoms with Crippen molar-refractivity contribution in [3.05, 3.63) is 47.3 Å². The molecule has 0 saturated heterocycles. The van der Waals surface area contributed by atoms with Crippen molar-refractivity contribution in [1.82, 2.24) is 9.97 Å². The van der Waals surface area contributed by atoms with Gasteiger partial charge >= 0.3 is 0 Å². The van der Waals surface area contributed by atoms with Crippen LogP contribution in [0.1, 0.15) is 24.5 Å². The fourth-order valence-corrected chi connectivity index (χ4v) is 3.37. The Morgan fingerprint density at radius 1 is 1.42 bits per heavy atom. The van der Waals surface area contributed by atoms with E-state index in [2.05, 4.69) is 48.5 Å². The Balaban J connectivity index is 2.17. The number of aromatic amines is 1. The summed E-state index contributed by atoms with van der Waals surface area (Å²) in [5, 5.41) is 0.570. The minimum Gasteiger partial charge on any atom is -0.306 e. The molecule has 1 fully saturated rings. The number of hydrogen-bond acceptors (Lipinski definition) is 2. The van der Waals surface area contributed by atoms with Crippen LogP contribution in [0, 0.1) is 3.57 Å². The molecule has 1 aromatic heterocycles. The van der Waals surface area contributed by atoms with Crippen molar-refractivity contribution >= 4 is 50.1 Å². The average Bonchev–Trinajstić information content (AvgIpc) is 3.17. The first kappa shape index (κ1) is 13.6. The number of nitrogens with one attached hydrogen (secondary N) is 1. The van der Waals surface area contributed by atoms with E-state index in [9.17, 15) is 4.79 Å². The molecule has 98 valence electrons. The number of hydrogen-bond donors (Lipinski definition) is 1. The molecule has 3 rings (SSSR count). The maximum absolute atomic E-state index is 12.0. The zero-order valence-electron chi connectivity index (χ0n) is 9.71. The molecule has 0 amide bonds. The van der Waals surface area contributed by atoms with Gasteiger partial charge in [0.25, 0.3) is 5.56 Å². The van der Waals surface area contributed by atoms with Gasteiger partial charge in [-0.05, 0) is 53.6 Å². The van der Waals surface area contributed by atoms with E-state index < -0.39 is 0 Å². The first-order chi connectivity index (χ1) is 9.06. The lowest BCUT2D eigenvalue weighted by Gasteiger charge is -2.07. The highest BCUT2D eigenvalue weighted by molar-refractivity contribution is 14.1. The van der Waals surface area contributed by atoms with Crippen molar-refractivity contribution in [3.8, 4) is 11.4 Å². The van der Waals surface area contributed by atoms with E-state index in [1.165, 1.54) is 0 Å². The van der Waals surface area contributed by atoms with Crippen LogP contribution in [0.5, 0.6) is 0 Å². The van der Waals surface area contributed by atoms with Gasteiger partial charge in [0.2, 0.25) is 0 Å². The second-order valence-electron chi connectivity index (χ2n) is 4.51. The van der Waals surface area contributed by atoms with Gasteiger partial charge in [-0.1, -0.05) is 27.5 Å². The first-order valence-corrected chi connectivity index (χ1v) is 8.06. The van der Waals surface area contributed by atoms with E-state index >= 15 is 0 Å². The van der Waals surface area contributed by atoms with Crippen molar-refractivity contribution in [2.75, 3.05) is 0 Å². The SMILES string of the molecule is O=c1[nH]c(-c2ccc(Br)cc2Cl)nc(C2CC2)c1I. The summed E-state index contributed by atoms with van der Waals surface area (Å²) in [7, 11) is 0. The van der Waals surface area contributed by atoms with Crippen LogP contribution >= 0.6 is 50.1 Å². The number of rotatable bonds is 2. The third-order valence-corrected chi connectivity index (χ3v) is 4.89. The second-order valence-corrected chi connectivity index (χ2v) is 6.91. The maximum Gasteiger partial charge on any atom is 0.264 e. The summed E-state index contributed by atoms with van der Waals surface area (Å²) < 4.78 is 1.59. The lowest BCUT2D eigenvalue weighted by Crippen LogP contribution is -2.16. The van der Waals surface area contributed by atoms with Crippen LogP contribution in [0.4, 0.5) is 0 Å². The molecule has 6 heteroatoms. The van der Waals surface area contributed by atoms with Gasteiger partial charge in [0.1, 0.15) is 5.82 Å². The summed E-state index contributed by atoms with van der Waals surface area (Å²) >= 11 is 11.6. The van der Waals surface area contributed by atoms with Crippen LogP contribution in [0.25, 0.3) is 11.4 Å². The van der Waals surface area contributed by atoms with Gasteiger partial charge in [-0.25, -0.2) is 4.98 Å². The van der Waals surface area contributed by atoms with E-state index in [-0.39, 0.29) is 5.56 Å². The summed E-state index contributed by atoms with van der Waals surface area (Å²) in [5.41, 5.74) is 1.56. The van der Waals surface area contributed by atoms with Crippen LogP contribution in [-0.2, 0) is 0 Å². The number of nitrogens with zero attached hydrogens (tertiary/aromatic N) is 1. The Hall–Kier alpha value is -0.400. The molecule has 1 aliphatic rings. The van der Waals surface area contributed by atoms with Gasteiger partial charge in [-0.2, -0.15) is 0 Å². The molecule has 1 aliphatic carbocycles. The highest BCUT2D eigenvalue weighted by atomic mass is 127. The van der Waals surface area contributed by atoms with Crippen LogP contribution in [-0.4, -0.2) is 9.97 Å². The van der Waals surface area contributed by atoms with Crippen molar-refractivity contribution in [2.45, 2.75) is 18.8 Å². The Kier molecular flexibility index (Phi) is 3.70. The van der Waals surface area contributed by atoms with Gasteiger partial charge in [-0.3, -0.25) is 4.79 Å². The van der Waals surface area contributed by atoms with Gasteiger partial charge in [0, 0.05) is 16.0 Å². The molecule has 1 heterocycles. The Bertz CT molecular complexity index is 712. The van der Waals surface area contributed by atoms with Gasteiger partial charge in [0.05, 0.1) is 14.3 Å². The highest BCUT2D eigenvalue weighted by Crippen LogP contribution is 2.41. The summed E-state index contributed by atoms with van der Waals surface area (Å²) in [6.45, 7) is 0. The molecular formula is C13H9BrClIN2O. The molecule has 0 atom stereocenters. The smallest absolute Gasteiger partial charge is 0.264 e. The molecule has 3 nitrogen and oxygen atoms in total. The lowest BCUT2D eigenvalue weighted by atomic mass is 10.2. The molecule has 19 heavy (non-hydrogen) atoms. The minimum atomic E-state index is -0.0912. The van der Waals surface area contributed by atoms with Gasteiger partial charge in [0.15, 0.2) is 0 Å². The molecule has 1 saturated carbocycles. The predicted molar refractivity (Wildman–Crippen MR) is 87.7 cm³/mol. The Labute approximate surface area is 137 Å². The molecule has 0 unspecified atom stereocenters. The fraction of sp³-hybridized carbons (Fsp3) is 0.231. The molecule has 2 aromatic rings. The summed E-state index contributed by atoms with van der Waals surface area (Å²) in [4.78, 5) is 19.4. The standard InChI is InChI=1S/C13H9BrClIN2O/c14-7-3-4-8(9(15)5-7)12-17-11(6-1-2-6)10(16)13(19)18-12/h3-6H,1-2H2,(H,17,18,19). The van der Waals surface area contributed by atoms with E-state index in [0.29, 0.717) is 20.3 Å². The fourth-order valence-electron chi connectivity index (χ4n) is 1.91. The number of H-pyrrole nitrogens is 1. The van der Waals surface area contributed by atoms with E-state index in [4.69, 9.17) is 11.6 Å². The van der Waals surface area contributed by atoms with Gasteiger partial charge in [-0.15, -0.1) is 0 Å². The third kappa shape index (κ3) is 2.73. The van der Waals surface area contributed by atoms with E-state index in [0.717, 1.165) is 28.6 Å². The zero-order chi connectivity index (χ0) is 13.6. The van der Waals surface area contributed by atoms with Gasteiger partial charge < -0.3 is 4.98 Å². The minimum absolute atomic E-state index is 0.0912. The van der Waals surface area contributed by atoms with Crippen LogP contribution in [0.2, 0.25) is 5.02 Å². The maximum atomic E-state index is 12.0. The lowest BCUT2D eigenvalue weighted by molar-refractivity contribution is 0.958. The highest BCUT2D eigenvalue weighted by Gasteiger charge is 2.29. The zero-order valence-corrected chi connectivity index (χ0v) is 14.2. The third-order valence-electron chi connectivity index (χ3n) is 3.04. The van der Waals surface area contributed by atoms with Crippen LogP contribution in [0.3, 0.4) is 0 Å². The number of aromatic nitrogens is 2. The Morgan fingerprint density at radius 3 is 2.79 bits per heavy atom. The number of halogens is 3. The molecular weight excluding hydrogens is 442 g/mol. The monoisotopic (exact) mass is 450 g/mol. The largest absolute Gasteiger partial charge is 0.306 e. The molecule has 1 aromatic carbocycles. The van der Waals surface area contributed by atoms with Crippen molar-refractivity contribution in [3.63, 3.8) is 0 Å². The molecule has 0 aliphatic heterocycles. The summed E-state index contributed by atoms with van der Waals surface area (Å²) in [5.74, 6) is 0.979. The molecule has 0 radical (unpaired) electrons. The van der Waals surface area contributed by atoms with E-state index in [1.807, 2.05) is 12.1 Å². The van der Waals surface area contributed by atoms with E-state index in [1.54, 1.807) is 6.07 Å². The topological polar surface area (TPSA) is 45.8 Å². The first-order valence-electron chi connectivity index (χ1n) is 5.81. The normalized spacial score (nSPS) is 14.7.